The van der Waals surface area contributed by atoms with Gasteiger partial charge in [0.2, 0.25) is 0 Å². The van der Waals surface area contributed by atoms with E-state index in [0.29, 0.717) is 12.8 Å². The maximum Gasteiger partial charge on any atom is 0.0725 e. The van der Waals surface area contributed by atoms with E-state index in [1.165, 1.54) is 25.7 Å². The number of carboxylic acids is 3. The lowest BCUT2D eigenvalue weighted by atomic mass is 9.81. The van der Waals surface area contributed by atoms with Crippen LogP contribution < -0.4 is 15.3 Å². The molecule has 0 amide bonds. The van der Waals surface area contributed by atoms with Gasteiger partial charge in [-0.1, -0.05) is 109 Å². The van der Waals surface area contributed by atoms with Gasteiger partial charge in [0.05, 0.1) is 17.9 Å². The van der Waals surface area contributed by atoms with Crippen molar-refractivity contribution in [2.45, 2.75) is 116 Å². The summed E-state index contributed by atoms with van der Waals surface area (Å²) in [7, 11) is 0. The molecule has 1 unspecified atom stereocenters. The average molecular weight is 460 g/mol. The summed E-state index contributed by atoms with van der Waals surface area (Å²) in [6, 6.07) is 2.09. The number of carbonyl (C=O) groups excluding carboxylic acids is 3. The summed E-state index contributed by atoms with van der Waals surface area (Å²) in [5.41, 5.74) is -1.35. The minimum absolute atomic E-state index is 0.0243. The molecule has 0 radical (unpaired) electrons. The van der Waals surface area contributed by atoms with Crippen LogP contribution in [0, 0.1) is 0 Å². The zero-order valence-electron chi connectivity index (χ0n) is 20.3. The van der Waals surface area contributed by atoms with Crippen molar-refractivity contribution in [3.8, 4) is 0 Å². The van der Waals surface area contributed by atoms with E-state index in [4.69, 9.17) is 0 Å². The SMILES string of the molecule is CCCCCCCCCC(CCCCCCCC)c1c(C(=O)[O-])ccc(C(=O)[O-])c1C(=O)[O-]. The van der Waals surface area contributed by atoms with Gasteiger partial charge in [-0.05, 0) is 24.3 Å². The number of aromatic carboxylic acids is 3. The molecule has 186 valence electrons. The van der Waals surface area contributed by atoms with Gasteiger partial charge in [-0.2, -0.15) is 0 Å². The van der Waals surface area contributed by atoms with Gasteiger partial charge in [-0.15, -0.1) is 0 Å². The van der Waals surface area contributed by atoms with E-state index in [2.05, 4.69) is 13.8 Å². The topological polar surface area (TPSA) is 120 Å². The molecule has 0 aliphatic heterocycles. The maximum atomic E-state index is 11.9. The van der Waals surface area contributed by atoms with Crippen LogP contribution in [0.25, 0.3) is 0 Å². The number of carboxylic acid groups (broad SMARTS) is 3. The molecular weight excluding hydrogens is 420 g/mol. The first-order chi connectivity index (χ1) is 15.8. The molecule has 0 N–H and O–H groups in total. The van der Waals surface area contributed by atoms with Crippen molar-refractivity contribution in [1.82, 2.24) is 0 Å². The first-order valence-electron chi connectivity index (χ1n) is 12.7. The van der Waals surface area contributed by atoms with Crippen LogP contribution in [0.4, 0.5) is 0 Å². The Kier molecular flexibility index (Phi) is 14.1. The molecule has 0 aromatic heterocycles. The van der Waals surface area contributed by atoms with E-state index in [1.54, 1.807) is 0 Å². The lowest BCUT2D eigenvalue weighted by molar-refractivity contribution is -0.260. The molecule has 1 atom stereocenters. The predicted octanol–water partition coefficient (Wildman–Crippen LogP) is 3.75. The molecule has 0 spiro atoms. The van der Waals surface area contributed by atoms with Gasteiger partial charge in [0.25, 0.3) is 0 Å². The highest BCUT2D eigenvalue weighted by Crippen LogP contribution is 2.35. The molecule has 0 aliphatic rings. The molecular formula is C27H39O6-3. The highest BCUT2D eigenvalue weighted by atomic mass is 16.4. The van der Waals surface area contributed by atoms with E-state index in [9.17, 15) is 29.7 Å². The summed E-state index contributed by atoms with van der Waals surface area (Å²) < 4.78 is 0. The molecule has 6 heteroatoms. The smallest absolute Gasteiger partial charge is 0.0725 e. The molecule has 1 aromatic rings. The number of rotatable bonds is 19. The van der Waals surface area contributed by atoms with Crippen molar-refractivity contribution in [2.75, 3.05) is 0 Å². The Hall–Kier alpha value is -2.37. The second kappa shape index (κ2) is 16.3. The van der Waals surface area contributed by atoms with Gasteiger partial charge in [0, 0.05) is 16.7 Å². The van der Waals surface area contributed by atoms with Gasteiger partial charge in [-0.25, -0.2) is 0 Å². The normalized spacial score (nSPS) is 11.9. The van der Waals surface area contributed by atoms with Gasteiger partial charge in [0.1, 0.15) is 0 Å². The second-order valence-corrected chi connectivity index (χ2v) is 8.98. The maximum absolute atomic E-state index is 11.9. The quantitative estimate of drug-likeness (QED) is 0.291. The number of carbonyl (C=O) groups is 3. The largest absolute Gasteiger partial charge is 0.545 e. The molecule has 33 heavy (non-hydrogen) atoms. The van der Waals surface area contributed by atoms with Crippen LogP contribution in [-0.4, -0.2) is 17.9 Å². The van der Waals surface area contributed by atoms with E-state index < -0.39 is 29.0 Å². The monoisotopic (exact) mass is 459 g/mol. The van der Waals surface area contributed by atoms with Crippen molar-refractivity contribution in [3.05, 3.63) is 34.4 Å². The fourth-order valence-electron chi connectivity index (χ4n) is 4.56. The fraction of sp³-hybridized carbons (Fsp3) is 0.667. The van der Waals surface area contributed by atoms with Crippen molar-refractivity contribution >= 4 is 17.9 Å². The molecule has 0 saturated heterocycles. The van der Waals surface area contributed by atoms with Gasteiger partial charge in [-0.3, -0.25) is 0 Å². The van der Waals surface area contributed by atoms with Crippen LogP contribution in [0.3, 0.4) is 0 Å². The van der Waals surface area contributed by atoms with Crippen molar-refractivity contribution in [2.24, 2.45) is 0 Å². The fourth-order valence-corrected chi connectivity index (χ4v) is 4.56. The lowest BCUT2D eigenvalue weighted by Crippen LogP contribution is -2.34. The predicted molar refractivity (Wildman–Crippen MR) is 123 cm³/mol. The van der Waals surface area contributed by atoms with Crippen LogP contribution in [-0.2, 0) is 0 Å². The van der Waals surface area contributed by atoms with Gasteiger partial charge >= 0.3 is 0 Å². The Morgan fingerprint density at radius 3 is 1.39 bits per heavy atom. The van der Waals surface area contributed by atoms with Gasteiger partial charge < -0.3 is 29.7 Å². The van der Waals surface area contributed by atoms with Crippen LogP contribution in [0.15, 0.2) is 12.1 Å². The average Bonchev–Trinajstić information content (AvgIpc) is 2.78. The third-order valence-corrected chi connectivity index (χ3v) is 6.36. The van der Waals surface area contributed by atoms with Crippen LogP contribution in [0.5, 0.6) is 0 Å². The third-order valence-electron chi connectivity index (χ3n) is 6.36. The second-order valence-electron chi connectivity index (χ2n) is 8.98. The summed E-state index contributed by atoms with van der Waals surface area (Å²) in [5.74, 6) is -5.24. The van der Waals surface area contributed by atoms with Crippen LogP contribution >= 0.6 is 0 Å². The zero-order chi connectivity index (χ0) is 24.6. The summed E-state index contributed by atoms with van der Waals surface area (Å²) in [5, 5.41) is 35.3. The summed E-state index contributed by atoms with van der Waals surface area (Å²) in [6.07, 6.45) is 15.1. The van der Waals surface area contributed by atoms with E-state index >= 15 is 0 Å². The lowest BCUT2D eigenvalue weighted by Gasteiger charge is -2.27. The molecule has 0 heterocycles. The van der Waals surface area contributed by atoms with E-state index in [0.717, 1.165) is 69.9 Å². The first-order valence-corrected chi connectivity index (χ1v) is 12.7. The van der Waals surface area contributed by atoms with Crippen LogP contribution in [0.2, 0.25) is 0 Å². The molecule has 6 nitrogen and oxygen atoms in total. The van der Waals surface area contributed by atoms with Crippen molar-refractivity contribution in [3.63, 3.8) is 0 Å². The molecule has 0 aliphatic carbocycles. The standard InChI is InChI=1S/C27H42O6/c1-3-5-7-9-11-13-15-17-20(16-14-12-10-8-6-4-2)23-21(25(28)29)18-19-22(26(30)31)24(23)27(32)33/h18-20H,3-17H2,1-2H3,(H,28,29)(H,30,31)(H,32,33)/p-3. The summed E-state index contributed by atoms with van der Waals surface area (Å²) >= 11 is 0. The van der Waals surface area contributed by atoms with Crippen LogP contribution in [0.1, 0.15) is 153 Å². The van der Waals surface area contributed by atoms with Crippen molar-refractivity contribution < 1.29 is 29.7 Å². The summed E-state index contributed by atoms with van der Waals surface area (Å²) in [6.45, 7) is 4.31. The van der Waals surface area contributed by atoms with E-state index in [-0.39, 0.29) is 17.0 Å². The molecule has 0 bridgehead atoms. The highest BCUT2D eigenvalue weighted by Gasteiger charge is 2.23. The Bertz CT molecular complexity index is 755. The number of unbranched alkanes of at least 4 members (excludes halogenated alkanes) is 11. The third kappa shape index (κ3) is 9.97. The summed E-state index contributed by atoms with van der Waals surface area (Å²) in [4.78, 5) is 35.3. The van der Waals surface area contributed by atoms with E-state index in [1.807, 2.05) is 0 Å². The molecule has 0 fully saturated rings. The Morgan fingerprint density at radius 2 is 1.00 bits per heavy atom. The zero-order valence-corrected chi connectivity index (χ0v) is 20.3. The Labute approximate surface area is 198 Å². The Morgan fingerprint density at radius 1 is 0.606 bits per heavy atom. The minimum Gasteiger partial charge on any atom is -0.545 e. The number of hydrogen-bond donors (Lipinski definition) is 0. The molecule has 1 aromatic carbocycles. The Balaban J connectivity index is 3.12. The minimum atomic E-state index is -1.69. The van der Waals surface area contributed by atoms with Gasteiger partial charge in [0.15, 0.2) is 0 Å². The number of benzene rings is 1. The molecule has 1 rings (SSSR count). The molecule has 0 saturated carbocycles. The highest BCUT2D eigenvalue weighted by molar-refractivity contribution is 6.04. The first kappa shape index (κ1) is 28.7. The van der Waals surface area contributed by atoms with Crippen molar-refractivity contribution in [1.29, 1.82) is 0 Å². The number of hydrogen-bond acceptors (Lipinski definition) is 6.